The van der Waals surface area contributed by atoms with E-state index in [-0.39, 0.29) is 0 Å². The molecule has 0 saturated carbocycles. The van der Waals surface area contributed by atoms with E-state index in [1.165, 1.54) is 21.9 Å². The summed E-state index contributed by atoms with van der Waals surface area (Å²) < 4.78 is 8.47. The van der Waals surface area contributed by atoms with Crippen molar-refractivity contribution in [1.29, 1.82) is 0 Å². The predicted molar refractivity (Wildman–Crippen MR) is 160 cm³/mol. The van der Waals surface area contributed by atoms with E-state index in [9.17, 15) is 0 Å². The molecule has 0 unspecified atom stereocenters. The highest BCUT2D eigenvalue weighted by atomic mass is 32.1. The first-order valence-corrected chi connectivity index (χ1v) is 13.7. The highest BCUT2D eigenvalue weighted by Crippen LogP contribution is 2.38. The van der Waals surface area contributed by atoms with Gasteiger partial charge in [-0.15, -0.1) is 0 Å². The molecule has 39 heavy (non-hydrogen) atoms. The van der Waals surface area contributed by atoms with Crippen LogP contribution in [0.4, 0.5) is 0 Å². The predicted octanol–water partition coefficient (Wildman–Crippen LogP) is 9.38. The lowest BCUT2D eigenvalue weighted by Crippen LogP contribution is -1.95. The molecule has 0 amide bonds. The Hall–Kier alpha value is -5.00. The van der Waals surface area contributed by atoms with Crippen LogP contribution in [0.25, 0.3) is 72.4 Å². The summed E-state index contributed by atoms with van der Waals surface area (Å²) in [6.45, 7) is 0. The molecule has 0 radical (unpaired) electrons. The zero-order valence-electron chi connectivity index (χ0n) is 20.8. The fourth-order valence-electron chi connectivity index (χ4n) is 5.37. The van der Waals surface area contributed by atoms with Crippen LogP contribution in [0.5, 0.6) is 0 Å². The largest absolute Gasteiger partial charge is 0.436 e. The molecule has 0 atom stereocenters. The van der Waals surface area contributed by atoms with Gasteiger partial charge in [0, 0.05) is 33.8 Å². The first-order valence-electron chi connectivity index (χ1n) is 12.8. The Labute approximate surface area is 228 Å². The van der Waals surface area contributed by atoms with E-state index in [1.54, 1.807) is 11.3 Å². The highest BCUT2D eigenvalue weighted by molar-refractivity contribution is 7.08. The molecule has 0 N–H and O–H groups in total. The summed E-state index contributed by atoms with van der Waals surface area (Å²) >= 11 is 1.72. The van der Waals surface area contributed by atoms with Gasteiger partial charge >= 0.3 is 0 Å². The summed E-state index contributed by atoms with van der Waals surface area (Å²) in [6.07, 6.45) is 1.83. The lowest BCUT2D eigenvalue weighted by Gasteiger charge is -2.10. The molecule has 0 saturated heterocycles. The number of thiophene rings is 1. The minimum absolute atomic E-state index is 0.621. The minimum atomic E-state index is 0.621. The zero-order valence-corrected chi connectivity index (χ0v) is 21.6. The lowest BCUT2D eigenvalue weighted by molar-refractivity contribution is 0.620. The highest BCUT2D eigenvalue weighted by Gasteiger charge is 2.17. The molecule has 0 bridgehead atoms. The first-order chi connectivity index (χ1) is 19.3. The van der Waals surface area contributed by atoms with Gasteiger partial charge in [-0.1, -0.05) is 42.5 Å². The molecule has 5 heteroatoms. The molecule has 8 rings (SSSR count). The quantitative estimate of drug-likeness (QED) is 0.233. The third-order valence-electron chi connectivity index (χ3n) is 7.23. The Bertz CT molecular complexity index is 2090. The average Bonchev–Trinajstić information content (AvgIpc) is 3.75. The molecule has 0 spiro atoms. The normalized spacial score (nSPS) is 11.6. The van der Waals surface area contributed by atoms with Crippen molar-refractivity contribution >= 4 is 44.2 Å². The Morgan fingerprint density at radius 1 is 0.641 bits per heavy atom. The number of rotatable bonds is 4. The molecule has 0 aliphatic heterocycles. The number of hydrogen-bond acceptors (Lipinski definition) is 4. The van der Waals surface area contributed by atoms with Crippen molar-refractivity contribution in [3.8, 4) is 39.5 Å². The van der Waals surface area contributed by atoms with Crippen LogP contribution in [0.15, 0.2) is 131 Å². The summed E-state index contributed by atoms with van der Waals surface area (Å²) in [5.41, 5.74) is 10.4. The van der Waals surface area contributed by atoms with E-state index in [1.807, 2.05) is 48.7 Å². The summed E-state index contributed by atoms with van der Waals surface area (Å²) in [6, 6.07) is 37.9. The van der Waals surface area contributed by atoms with E-state index in [2.05, 4.69) is 87.0 Å². The standard InChI is InChI=1S/C34H21N3OS/c1-2-10-33-30(9-1)36-34(38-33)24-11-13-27-28-19-22(25-15-17-39-21-25)12-14-31(28)37(32(27)20-24)26-7-5-6-23(18-26)29-8-3-4-16-35-29/h1-21H. The van der Waals surface area contributed by atoms with Crippen molar-refractivity contribution in [2.75, 3.05) is 0 Å². The van der Waals surface area contributed by atoms with Gasteiger partial charge in [0.2, 0.25) is 5.89 Å². The second kappa shape index (κ2) is 8.79. The van der Waals surface area contributed by atoms with E-state index in [0.717, 1.165) is 44.6 Å². The molecule has 4 nitrogen and oxygen atoms in total. The Morgan fingerprint density at radius 3 is 2.44 bits per heavy atom. The summed E-state index contributed by atoms with van der Waals surface area (Å²) in [5, 5.41) is 6.71. The summed E-state index contributed by atoms with van der Waals surface area (Å²) in [7, 11) is 0. The maximum atomic E-state index is 6.14. The number of hydrogen-bond donors (Lipinski definition) is 0. The number of fused-ring (bicyclic) bond motifs is 4. The van der Waals surface area contributed by atoms with Crippen LogP contribution in [-0.4, -0.2) is 14.5 Å². The van der Waals surface area contributed by atoms with Gasteiger partial charge in [-0.25, -0.2) is 4.98 Å². The van der Waals surface area contributed by atoms with Gasteiger partial charge in [0.15, 0.2) is 5.58 Å². The average molecular weight is 520 g/mol. The topological polar surface area (TPSA) is 43.9 Å². The third-order valence-corrected chi connectivity index (χ3v) is 7.91. The maximum Gasteiger partial charge on any atom is 0.227 e. The molecular weight excluding hydrogens is 498 g/mol. The number of aromatic nitrogens is 3. The van der Waals surface area contributed by atoms with Crippen LogP contribution in [0.1, 0.15) is 0 Å². The molecule has 4 aromatic carbocycles. The third kappa shape index (κ3) is 3.67. The number of pyridine rings is 1. The number of benzene rings is 4. The van der Waals surface area contributed by atoms with Gasteiger partial charge in [0.1, 0.15) is 5.52 Å². The molecule has 8 aromatic rings. The second-order valence-electron chi connectivity index (χ2n) is 9.56. The van der Waals surface area contributed by atoms with Crippen molar-refractivity contribution in [3.63, 3.8) is 0 Å². The number of nitrogens with zero attached hydrogens (tertiary/aromatic N) is 3. The van der Waals surface area contributed by atoms with Gasteiger partial charge < -0.3 is 8.98 Å². The molecular formula is C34H21N3OS. The van der Waals surface area contributed by atoms with Gasteiger partial charge in [-0.3, -0.25) is 4.98 Å². The molecule has 0 aliphatic rings. The van der Waals surface area contributed by atoms with Crippen molar-refractivity contribution in [3.05, 3.63) is 126 Å². The zero-order chi connectivity index (χ0) is 25.8. The van der Waals surface area contributed by atoms with Gasteiger partial charge in [-0.2, -0.15) is 11.3 Å². The van der Waals surface area contributed by atoms with Crippen molar-refractivity contribution < 1.29 is 4.42 Å². The van der Waals surface area contributed by atoms with E-state index in [0.29, 0.717) is 5.89 Å². The minimum Gasteiger partial charge on any atom is -0.436 e. The van der Waals surface area contributed by atoms with E-state index in [4.69, 9.17) is 9.40 Å². The van der Waals surface area contributed by atoms with E-state index >= 15 is 0 Å². The van der Waals surface area contributed by atoms with Crippen LogP contribution >= 0.6 is 11.3 Å². The molecule has 4 heterocycles. The summed E-state index contributed by atoms with van der Waals surface area (Å²) in [4.78, 5) is 9.35. The number of oxazole rings is 1. The maximum absolute atomic E-state index is 6.14. The van der Waals surface area contributed by atoms with Gasteiger partial charge in [0.25, 0.3) is 0 Å². The molecule has 184 valence electrons. The van der Waals surface area contributed by atoms with Crippen molar-refractivity contribution in [2.24, 2.45) is 0 Å². The smallest absolute Gasteiger partial charge is 0.227 e. The molecule has 0 fully saturated rings. The fraction of sp³-hybridized carbons (Fsp3) is 0. The van der Waals surface area contributed by atoms with E-state index < -0.39 is 0 Å². The van der Waals surface area contributed by atoms with Crippen LogP contribution in [-0.2, 0) is 0 Å². The Kier molecular flexibility index (Phi) is 4.96. The first kappa shape index (κ1) is 22.0. The summed E-state index contributed by atoms with van der Waals surface area (Å²) in [5.74, 6) is 0.621. The van der Waals surface area contributed by atoms with Crippen molar-refractivity contribution in [1.82, 2.24) is 14.5 Å². The Balaban J connectivity index is 1.39. The fourth-order valence-corrected chi connectivity index (χ4v) is 6.04. The molecule has 4 aromatic heterocycles. The van der Waals surface area contributed by atoms with Crippen LogP contribution < -0.4 is 0 Å². The number of para-hydroxylation sites is 2. The van der Waals surface area contributed by atoms with Crippen LogP contribution in [0.2, 0.25) is 0 Å². The van der Waals surface area contributed by atoms with Gasteiger partial charge in [0.05, 0.1) is 16.7 Å². The molecule has 0 aliphatic carbocycles. The van der Waals surface area contributed by atoms with Crippen LogP contribution in [0.3, 0.4) is 0 Å². The second-order valence-corrected chi connectivity index (χ2v) is 10.3. The lowest BCUT2D eigenvalue weighted by atomic mass is 10.0. The van der Waals surface area contributed by atoms with Gasteiger partial charge in [-0.05, 0) is 88.6 Å². The Morgan fingerprint density at radius 2 is 1.56 bits per heavy atom. The van der Waals surface area contributed by atoms with Crippen LogP contribution in [0, 0.1) is 0 Å². The monoisotopic (exact) mass is 519 g/mol. The SMILES string of the molecule is c1ccc(-c2cccc(-n3c4ccc(-c5ccsc5)cc4c4ccc(-c5nc6ccccc6o5)cc43)c2)nc1. The van der Waals surface area contributed by atoms with Crippen molar-refractivity contribution in [2.45, 2.75) is 0 Å².